The van der Waals surface area contributed by atoms with Crippen molar-refractivity contribution in [1.82, 2.24) is 4.90 Å². The van der Waals surface area contributed by atoms with Crippen molar-refractivity contribution in [3.63, 3.8) is 0 Å². The van der Waals surface area contributed by atoms with Crippen LogP contribution in [0.1, 0.15) is 40.0 Å². The molecule has 0 radical (unpaired) electrons. The molecule has 1 aliphatic heterocycles. The highest BCUT2D eigenvalue weighted by atomic mass is 16.6. The number of allylic oxidation sites excluding steroid dienone is 1. The molecule has 2 rings (SSSR count). The van der Waals surface area contributed by atoms with E-state index in [4.69, 9.17) is 9.47 Å². The Morgan fingerprint density at radius 1 is 1.20 bits per heavy atom. The summed E-state index contributed by atoms with van der Waals surface area (Å²) in [7, 11) is 1.36. The molecule has 0 saturated carbocycles. The van der Waals surface area contributed by atoms with Gasteiger partial charge >= 0.3 is 12.1 Å². The summed E-state index contributed by atoms with van der Waals surface area (Å²) >= 11 is 0. The summed E-state index contributed by atoms with van der Waals surface area (Å²) in [5, 5.41) is 0. The maximum atomic E-state index is 12.4. The van der Waals surface area contributed by atoms with Crippen LogP contribution in [0.3, 0.4) is 0 Å². The lowest BCUT2D eigenvalue weighted by atomic mass is 9.89. The minimum Gasteiger partial charge on any atom is -0.467 e. The van der Waals surface area contributed by atoms with E-state index in [1.54, 1.807) is 4.90 Å². The molecule has 20 heavy (non-hydrogen) atoms. The van der Waals surface area contributed by atoms with Crippen LogP contribution < -0.4 is 0 Å². The molecule has 112 valence electrons. The van der Waals surface area contributed by atoms with Crippen molar-refractivity contribution >= 4 is 12.1 Å². The summed E-state index contributed by atoms with van der Waals surface area (Å²) in [5.74, 6) is -0.0399. The Labute approximate surface area is 119 Å². The molecule has 3 atom stereocenters. The quantitative estimate of drug-likeness (QED) is 0.547. The molecule has 1 saturated heterocycles. The van der Waals surface area contributed by atoms with Gasteiger partial charge in [0.25, 0.3) is 0 Å². The molecular weight excluding hydrogens is 258 g/mol. The van der Waals surface area contributed by atoms with Crippen LogP contribution in [0, 0.1) is 5.92 Å². The molecule has 0 spiro atoms. The number of fused-ring (bicyclic) bond motifs is 1. The summed E-state index contributed by atoms with van der Waals surface area (Å²) in [6, 6.07) is -0.483. The van der Waals surface area contributed by atoms with E-state index in [2.05, 4.69) is 12.2 Å². The van der Waals surface area contributed by atoms with Gasteiger partial charge in [0.2, 0.25) is 0 Å². The van der Waals surface area contributed by atoms with Crippen LogP contribution in [0.4, 0.5) is 4.79 Å². The Morgan fingerprint density at radius 2 is 1.85 bits per heavy atom. The topological polar surface area (TPSA) is 55.8 Å². The first-order valence-corrected chi connectivity index (χ1v) is 7.07. The monoisotopic (exact) mass is 281 g/mol. The smallest absolute Gasteiger partial charge is 0.411 e. The third-order valence-electron chi connectivity index (χ3n) is 3.82. The van der Waals surface area contributed by atoms with E-state index in [0.29, 0.717) is 12.3 Å². The lowest BCUT2D eigenvalue weighted by Crippen LogP contribution is -2.48. The molecule has 0 bridgehead atoms. The molecule has 0 aromatic heterocycles. The molecular formula is C15H23NO4. The number of nitrogens with zero attached hydrogens (tertiary/aromatic N) is 1. The van der Waals surface area contributed by atoms with E-state index in [-0.39, 0.29) is 12.0 Å². The van der Waals surface area contributed by atoms with Gasteiger partial charge in [0.05, 0.1) is 7.11 Å². The first-order chi connectivity index (χ1) is 9.33. The molecule has 1 aliphatic carbocycles. The molecule has 0 aromatic rings. The number of carbonyl (C=O) groups excluding carboxylic acids is 2. The number of methoxy groups -OCH3 is 1. The first kappa shape index (κ1) is 14.9. The number of carbonyl (C=O) groups is 2. The normalized spacial score (nSPS) is 29.0. The van der Waals surface area contributed by atoms with Gasteiger partial charge in [0.15, 0.2) is 0 Å². The van der Waals surface area contributed by atoms with Gasteiger partial charge in [-0.2, -0.15) is 0 Å². The van der Waals surface area contributed by atoms with Gasteiger partial charge in [0.1, 0.15) is 11.6 Å². The fourth-order valence-electron chi connectivity index (χ4n) is 3.00. The summed E-state index contributed by atoms with van der Waals surface area (Å²) in [6.45, 7) is 5.48. The Morgan fingerprint density at radius 3 is 2.45 bits per heavy atom. The van der Waals surface area contributed by atoms with Gasteiger partial charge in [-0.25, -0.2) is 9.59 Å². The van der Waals surface area contributed by atoms with Crippen LogP contribution in [0.5, 0.6) is 0 Å². The molecule has 1 amide bonds. The highest BCUT2D eigenvalue weighted by Gasteiger charge is 2.48. The standard InChI is InChI=1S/C15H23NO4/c1-15(2,3)20-14(18)16-11-8-6-5-7-10(11)9-12(16)13(17)19-4/h5-6,10-12H,7-9H2,1-4H3/t10-,11-,12-/m0/s1. The zero-order valence-electron chi connectivity index (χ0n) is 12.6. The maximum absolute atomic E-state index is 12.4. The van der Waals surface area contributed by atoms with E-state index in [9.17, 15) is 9.59 Å². The van der Waals surface area contributed by atoms with E-state index in [1.165, 1.54) is 7.11 Å². The predicted octanol–water partition coefficient (Wildman–Crippen LogP) is 2.50. The van der Waals surface area contributed by atoms with E-state index >= 15 is 0 Å². The molecule has 1 heterocycles. The maximum Gasteiger partial charge on any atom is 0.411 e. The van der Waals surface area contributed by atoms with Crippen molar-refractivity contribution in [3.05, 3.63) is 12.2 Å². The Hall–Kier alpha value is -1.52. The van der Waals surface area contributed by atoms with E-state index in [1.807, 2.05) is 20.8 Å². The first-order valence-electron chi connectivity index (χ1n) is 7.07. The van der Waals surface area contributed by atoms with Crippen LogP contribution in [-0.2, 0) is 14.3 Å². The molecule has 0 unspecified atom stereocenters. The van der Waals surface area contributed by atoms with Crippen molar-refractivity contribution in [3.8, 4) is 0 Å². The van der Waals surface area contributed by atoms with E-state index in [0.717, 1.165) is 12.8 Å². The lowest BCUT2D eigenvalue weighted by Gasteiger charge is -2.33. The van der Waals surface area contributed by atoms with Crippen LogP contribution in [0.15, 0.2) is 12.2 Å². The SMILES string of the molecule is COC(=O)[C@@H]1C[C@@H]2CC=CC[C@@H]2N1C(=O)OC(C)(C)C. The van der Waals surface area contributed by atoms with Crippen molar-refractivity contribution in [2.75, 3.05) is 7.11 Å². The third kappa shape index (κ3) is 2.97. The largest absolute Gasteiger partial charge is 0.467 e. The summed E-state index contributed by atoms with van der Waals surface area (Å²) in [5.41, 5.74) is -0.569. The zero-order valence-corrected chi connectivity index (χ0v) is 12.6. The highest BCUT2D eigenvalue weighted by molar-refractivity contribution is 5.82. The number of likely N-dealkylation sites (tertiary alicyclic amines) is 1. The van der Waals surface area contributed by atoms with Crippen molar-refractivity contribution in [2.45, 2.75) is 57.7 Å². The van der Waals surface area contributed by atoms with Crippen LogP contribution in [0.2, 0.25) is 0 Å². The van der Waals surface area contributed by atoms with Gasteiger partial charge in [-0.3, -0.25) is 4.90 Å². The molecule has 1 fully saturated rings. The minimum atomic E-state index is -0.569. The van der Waals surface area contributed by atoms with Crippen molar-refractivity contribution in [1.29, 1.82) is 0 Å². The Balaban J connectivity index is 2.21. The fourth-order valence-corrected chi connectivity index (χ4v) is 3.00. The number of ether oxygens (including phenoxy) is 2. The van der Waals surface area contributed by atoms with Gasteiger partial charge in [-0.15, -0.1) is 0 Å². The highest BCUT2D eigenvalue weighted by Crippen LogP contribution is 2.38. The van der Waals surface area contributed by atoms with Crippen LogP contribution >= 0.6 is 0 Å². The number of amides is 1. The molecule has 5 nitrogen and oxygen atoms in total. The Bertz CT molecular complexity index is 424. The molecule has 0 aromatic carbocycles. The molecule has 0 N–H and O–H groups in total. The van der Waals surface area contributed by atoms with Gasteiger partial charge in [0, 0.05) is 6.04 Å². The number of rotatable bonds is 1. The number of hydrogen-bond acceptors (Lipinski definition) is 4. The second kappa shape index (κ2) is 5.46. The van der Waals surface area contributed by atoms with Crippen molar-refractivity contribution in [2.24, 2.45) is 5.92 Å². The third-order valence-corrected chi connectivity index (χ3v) is 3.82. The summed E-state index contributed by atoms with van der Waals surface area (Å²) in [6.07, 6.45) is 6.10. The minimum absolute atomic E-state index is 0.0407. The van der Waals surface area contributed by atoms with Gasteiger partial charge < -0.3 is 9.47 Å². The fraction of sp³-hybridized carbons (Fsp3) is 0.733. The average Bonchev–Trinajstić information content (AvgIpc) is 2.75. The number of hydrogen-bond donors (Lipinski definition) is 0. The number of esters is 1. The summed E-state index contributed by atoms with van der Waals surface area (Å²) in [4.78, 5) is 26.0. The predicted molar refractivity (Wildman–Crippen MR) is 74.1 cm³/mol. The van der Waals surface area contributed by atoms with Crippen LogP contribution in [0.25, 0.3) is 0 Å². The van der Waals surface area contributed by atoms with Crippen LogP contribution in [-0.4, -0.2) is 41.8 Å². The molecule has 2 aliphatic rings. The summed E-state index contributed by atoms with van der Waals surface area (Å²) < 4.78 is 10.3. The van der Waals surface area contributed by atoms with E-state index < -0.39 is 17.7 Å². The molecule has 5 heteroatoms. The zero-order chi connectivity index (χ0) is 14.9. The van der Waals surface area contributed by atoms with Gasteiger partial charge in [-0.1, -0.05) is 12.2 Å². The second-order valence-electron chi connectivity index (χ2n) is 6.43. The van der Waals surface area contributed by atoms with Gasteiger partial charge in [-0.05, 0) is 46.0 Å². The average molecular weight is 281 g/mol. The Kier molecular flexibility index (Phi) is 4.06. The lowest BCUT2D eigenvalue weighted by molar-refractivity contribution is -0.146. The second-order valence-corrected chi connectivity index (χ2v) is 6.43. The van der Waals surface area contributed by atoms with Crippen molar-refractivity contribution < 1.29 is 19.1 Å².